The quantitative estimate of drug-likeness (QED) is 0.798. The van der Waals surface area contributed by atoms with Gasteiger partial charge in [0.15, 0.2) is 0 Å². The van der Waals surface area contributed by atoms with Gasteiger partial charge in [-0.3, -0.25) is 4.79 Å². The van der Waals surface area contributed by atoms with Crippen LogP contribution in [0.3, 0.4) is 0 Å². The van der Waals surface area contributed by atoms with Gasteiger partial charge in [-0.2, -0.15) is 5.10 Å². The van der Waals surface area contributed by atoms with Crippen LogP contribution in [-0.2, 0) is 6.54 Å². The number of nitrogens with one attached hydrogen (secondary N) is 1. The first kappa shape index (κ1) is 15.6. The average molecular weight is 303 g/mol. The summed E-state index contributed by atoms with van der Waals surface area (Å²) >= 11 is 1.73. The van der Waals surface area contributed by atoms with Crippen LogP contribution < -0.4 is 10.9 Å². The maximum atomic E-state index is 12.0. The third kappa shape index (κ3) is 5.27. The van der Waals surface area contributed by atoms with Gasteiger partial charge in [0.1, 0.15) is 0 Å². The maximum absolute atomic E-state index is 12.0. The lowest BCUT2D eigenvalue weighted by Crippen LogP contribution is -2.24. The van der Waals surface area contributed by atoms with Crippen LogP contribution in [0.15, 0.2) is 52.3 Å². The lowest BCUT2D eigenvalue weighted by molar-refractivity contribution is 0.620. The van der Waals surface area contributed by atoms with E-state index in [2.05, 4.69) is 36.4 Å². The minimum absolute atomic E-state index is 0.0579. The van der Waals surface area contributed by atoms with E-state index >= 15 is 0 Å². The summed E-state index contributed by atoms with van der Waals surface area (Å²) in [5, 5.41) is 7.43. The van der Waals surface area contributed by atoms with Crippen molar-refractivity contribution in [1.82, 2.24) is 9.78 Å². The molecule has 21 heavy (non-hydrogen) atoms. The molecule has 0 aliphatic heterocycles. The van der Waals surface area contributed by atoms with Crippen molar-refractivity contribution in [1.29, 1.82) is 0 Å². The molecule has 0 unspecified atom stereocenters. The Hall–Kier alpha value is -1.75. The number of aryl methyl sites for hydroxylation is 1. The molecule has 0 fully saturated rings. The number of benzene rings is 1. The summed E-state index contributed by atoms with van der Waals surface area (Å²) in [5.74, 6) is 1.37. The number of thioether (sulfide) groups is 1. The highest BCUT2D eigenvalue weighted by molar-refractivity contribution is 7.99. The Bertz CT molecular complexity index is 610. The van der Waals surface area contributed by atoms with E-state index in [0.29, 0.717) is 12.5 Å². The topological polar surface area (TPSA) is 46.9 Å². The van der Waals surface area contributed by atoms with Crippen LogP contribution in [0.2, 0.25) is 0 Å². The zero-order valence-corrected chi connectivity index (χ0v) is 13.3. The average Bonchev–Trinajstić information content (AvgIpc) is 2.48. The number of rotatable bonds is 7. The molecule has 112 valence electrons. The molecule has 0 saturated heterocycles. The Morgan fingerprint density at radius 1 is 1.29 bits per heavy atom. The first-order valence-electron chi connectivity index (χ1n) is 7.14. The Morgan fingerprint density at radius 2 is 2.05 bits per heavy atom. The Kier molecular flexibility index (Phi) is 5.87. The Labute approximate surface area is 129 Å². The molecule has 0 aliphatic carbocycles. The molecule has 0 atom stereocenters. The van der Waals surface area contributed by atoms with Crippen LogP contribution in [0.5, 0.6) is 0 Å². The summed E-state index contributed by atoms with van der Waals surface area (Å²) in [6.07, 6.45) is 1.72. The van der Waals surface area contributed by atoms with Crippen molar-refractivity contribution in [2.45, 2.75) is 25.3 Å². The summed E-state index contributed by atoms with van der Waals surface area (Å²) < 4.78 is 1.51. The fraction of sp³-hybridized carbons (Fsp3) is 0.375. The highest BCUT2D eigenvalue weighted by Gasteiger charge is 2.01. The van der Waals surface area contributed by atoms with Crippen LogP contribution in [0.25, 0.3) is 0 Å². The summed E-state index contributed by atoms with van der Waals surface area (Å²) in [6, 6.07) is 11.8. The van der Waals surface area contributed by atoms with Gasteiger partial charge >= 0.3 is 0 Å². The fourth-order valence-corrected chi connectivity index (χ4v) is 2.64. The van der Waals surface area contributed by atoms with Crippen LogP contribution >= 0.6 is 11.8 Å². The van der Waals surface area contributed by atoms with Crippen molar-refractivity contribution < 1.29 is 0 Å². The molecular formula is C16H21N3OS. The SMILES string of the molecule is CC(C)CNc1cnn(CCSc2ccccc2)c(=O)c1. The molecule has 0 aliphatic rings. The van der Waals surface area contributed by atoms with Crippen LogP contribution in [0, 0.1) is 5.92 Å². The normalized spacial score (nSPS) is 10.8. The third-order valence-corrected chi connectivity index (χ3v) is 3.89. The van der Waals surface area contributed by atoms with Crippen LogP contribution in [0.4, 0.5) is 5.69 Å². The largest absolute Gasteiger partial charge is 0.383 e. The smallest absolute Gasteiger partial charge is 0.268 e. The van der Waals surface area contributed by atoms with Gasteiger partial charge in [-0.1, -0.05) is 32.0 Å². The Balaban J connectivity index is 1.87. The summed E-state index contributed by atoms with van der Waals surface area (Å²) in [5.41, 5.74) is 0.734. The van der Waals surface area contributed by atoms with Crippen molar-refractivity contribution in [2.75, 3.05) is 17.6 Å². The van der Waals surface area contributed by atoms with Crippen molar-refractivity contribution in [3.05, 3.63) is 52.9 Å². The molecule has 0 amide bonds. The van der Waals surface area contributed by atoms with Crippen molar-refractivity contribution in [3.63, 3.8) is 0 Å². The lowest BCUT2D eigenvalue weighted by atomic mass is 10.2. The minimum atomic E-state index is -0.0579. The number of hydrogen-bond donors (Lipinski definition) is 1. The van der Waals surface area contributed by atoms with E-state index in [4.69, 9.17) is 0 Å². The number of aromatic nitrogens is 2. The van der Waals surface area contributed by atoms with Gasteiger partial charge in [-0.15, -0.1) is 11.8 Å². The maximum Gasteiger partial charge on any atom is 0.268 e. The van der Waals surface area contributed by atoms with Crippen LogP contribution in [0.1, 0.15) is 13.8 Å². The van der Waals surface area contributed by atoms with Gasteiger partial charge in [-0.05, 0) is 18.1 Å². The molecule has 0 bridgehead atoms. The van der Waals surface area contributed by atoms with E-state index in [1.807, 2.05) is 18.2 Å². The van der Waals surface area contributed by atoms with E-state index in [-0.39, 0.29) is 5.56 Å². The molecule has 0 spiro atoms. The van der Waals surface area contributed by atoms with Crippen molar-refractivity contribution in [2.24, 2.45) is 5.92 Å². The van der Waals surface area contributed by atoms with Gasteiger partial charge < -0.3 is 5.32 Å². The van der Waals surface area contributed by atoms with E-state index < -0.39 is 0 Å². The van der Waals surface area contributed by atoms with Gasteiger partial charge in [0, 0.05) is 23.3 Å². The van der Waals surface area contributed by atoms with Crippen LogP contribution in [-0.4, -0.2) is 22.1 Å². The van der Waals surface area contributed by atoms with E-state index in [0.717, 1.165) is 18.0 Å². The first-order valence-corrected chi connectivity index (χ1v) is 8.12. The molecule has 0 radical (unpaired) electrons. The second-order valence-corrected chi connectivity index (χ2v) is 6.41. The van der Waals surface area contributed by atoms with E-state index in [9.17, 15) is 4.79 Å². The highest BCUT2D eigenvalue weighted by Crippen LogP contribution is 2.16. The van der Waals surface area contributed by atoms with E-state index in [1.165, 1.54) is 9.58 Å². The predicted molar refractivity (Wildman–Crippen MR) is 89.0 cm³/mol. The molecule has 4 nitrogen and oxygen atoms in total. The molecule has 0 saturated carbocycles. The second-order valence-electron chi connectivity index (χ2n) is 5.24. The van der Waals surface area contributed by atoms with Gasteiger partial charge in [-0.25, -0.2) is 4.68 Å². The molecule has 2 aromatic rings. The lowest BCUT2D eigenvalue weighted by Gasteiger charge is -2.09. The van der Waals surface area contributed by atoms with Crippen molar-refractivity contribution >= 4 is 17.4 Å². The fourth-order valence-electron chi connectivity index (χ4n) is 1.79. The molecule has 1 N–H and O–H groups in total. The standard InChI is InChI=1S/C16H21N3OS/c1-13(2)11-17-14-10-16(20)19(18-12-14)8-9-21-15-6-4-3-5-7-15/h3-7,10,12-13,17H,8-9,11H2,1-2H3. The van der Waals surface area contributed by atoms with Gasteiger partial charge in [0.2, 0.25) is 0 Å². The summed E-state index contributed by atoms with van der Waals surface area (Å²) in [6.45, 7) is 5.71. The summed E-state index contributed by atoms with van der Waals surface area (Å²) in [4.78, 5) is 13.2. The molecule has 1 aromatic heterocycles. The zero-order valence-electron chi connectivity index (χ0n) is 12.5. The zero-order chi connectivity index (χ0) is 15.1. The molecule has 1 heterocycles. The Morgan fingerprint density at radius 3 is 2.71 bits per heavy atom. The third-order valence-electron chi connectivity index (χ3n) is 2.90. The van der Waals surface area contributed by atoms with Gasteiger partial charge in [0.25, 0.3) is 5.56 Å². The van der Waals surface area contributed by atoms with Crippen molar-refractivity contribution in [3.8, 4) is 0 Å². The van der Waals surface area contributed by atoms with E-state index in [1.54, 1.807) is 24.0 Å². The number of anilines is 1. The van der Waals surface area contributed by atoms with Gasteiger partial charge in [0.05, 0.1) is 18.4 Å². The number of hydrogen-bond acceptors (Lipinski definition) is 4. The molecule has 1 aromatic carbocycles. The summed E-state index contributed by atoms with van der Waals surface area (Å²) in [7, 11) is 0. The second kappa shape index (κ2) is 7.88. The molecule has 5 heteroatoms. The first-order chi connectivity index (χ1) is 10.1. The number of nitrogens with zero attached hydrogens (tertiary/aromatic N) is 2. The minimum Gasteiger partial charge on any atom is -0.383 e. The predicted octanol–water partition coefficient (Wildman–Crippen LogP) is 3.10. The molecule has 2 rings (SSSR count). The monoisotopic (exact) mass is 303 g/mol. The highest BCUT2D eigenvalue weighted by atomic mass is 32.2. The molecular weight excluding hydrogens is 282 g/mol.